The van der Waals surface area contributed by atoms with Crippen LogP contribution in [0.3, 0.4) is 0 Å². The lowest BCUT2D eigenvalue weighted by atomic mass is 9.96. The van der Waals surface area contributed by atoms with Gasteiger partial charge in [0.05, 0.1) is 0 Å². The fraction of sp³-hybridized carbons (Fsp3) is 0.529. The van der Waals surface area contributed by atoms with Crippen molar-refractivity contribution >= 4 is 17.7 Å². The Bertz CT molecular complexity index is 608. The monoisotopic (exact) mass is 330 g/mol. The van der Waals surface area contributed by atoms with E-state index in [1.165, 1.54) is 0 Å². The molecule has 0 atom stereocenters. The number of pyridine rings is 1. The van der Waals surface area contributed by atoms with Crippen molar-refractivity contribution in [3.05, 3.63) is 30.1 Å². The summed E-state index contributed by atoms with van der Waals surface area (Å²) in [5.41, 5.74) is 0.647. The van der Waals surface area contributed by atoms with E-state index in [0.717, 1.165) is 25.7 Å². The number of amides is 3. The number of piperidine rings is 1. The predicted molar refractivity (Wildman–Crippen MR) is 87.0 cm³/mol. The van der Waals surface area contributed by atoms with Crippen molar-refractivity contribution in [1.82, 2.24) is 20.5 Å². The number of carbonyl (C=O) groups excluding carboxylic acids is 3. The van der Waals surface area contributed by atoms with E-state index in [-0.39, 0.29) is 11.9 Å². The highest BCUT2D eigenvalue weighted by Gasteiger charge is 2.27. The second-order valence-electron chi connectivity index (χ2n) is 6.43. The molecule has 0 radical (unpaired) electrons. The first-order valence-electron chi connectivity index (χ1n) is 8.41. The molecule has 3 rings (SSSR count). The van der Waals surface area contributed by atoms with Crippen LogP contribution in [0.25, 0.3) is 0 Å². The number of aromatic nitrogens is 1. The van der Waals surface area contributed by atoms with Gasteiger partial charge in [0.1, 0.15) is 0 Å². The number of likely N-dealkylation sites (tertiary alicyclic amines) is 1. The molecule has 7 heteroatoms. The molecule has 1 saturated heterocycles. The minimum absolute atomic E-state index is 0.0173. The lowest BCUT2D eigenvalue weighted by Crippen LogP contribution is -2.45. The average Bonchev–Trinajstić information content (AvgIpc) is 3.44. The summed E-state index contributed by atoms with van der Waals surface area (Å²) < 4.78 is 0. The van der Waals surface area contributed by atoms with Crippen molar-refractivity contribution in [3.8, 4) is 0 Å². The van der Waals surface area contributed by atoms with Crippen molar-refractivity contribution in [2.75, 3.05) is 19.6 Å². The Morgan fingerprint density at radius 1 is 1.04 bits per heavy atom. The van der Waals surface area contributed by atoms with E-state index >= 15 is 0 Å². The average molecular weight is 330 g/mol. The second kappa shape index (κ2) is 7.42. The largest absolute Gasteiger partial charge is 0.348 e. The SMILES string of the molecule is O=C(NCC1CCN(C(=O)c2ccncc2)CC1)C(=O)NC1CC1. The highest BCUT2D eigenvalue weighted by Crippen LogP contribution is 2.19. The van der Waals surface area contributed by atoms with Crippen molar-refractivity contribution in [3.63, 3.8) is 0 Å². The first-order chi connectivity index (χ1) is 11.6. The molecular formula is C17H22N4O3. The molecule has 1 aromatic heterocycles. The predicted octanol–water partition coefficient (Wildman–Crippen LogP) is 0.329. The van der Waals surface area contributed by atoms with E-state index in [2.05, 4.69) is 15.6 Å². The van der Waals surface area contributed by atoms with Crippen molar-refractivity contribution in [2.45, 2.75) is 31.7 Å². The van der Waals surface area contributed by atoms with Gasteiger partial charge in [-0.1, -0.05) is 0 Å². The molecule has 1 aliphatic heterocycles. The van der Waals surface area contributed by atoms with Crippen LogP contribution in [-0.2, 0) is 9.59 Å². The number of hydrogen-bond donors (Lipinski definition) is 2. The highest BCUT2D eigenvalue weighted by molar-refractivity contribution is 6.35. The maximum atomic E-state index is 12.3. The molecule has 0 aromatic carbocycles. The summed E-state index contributed by atoms with van der Waals surface area (Å²) in [4.78, 5) is 41.4. The van der Waals surface area contributed by atoms with Gasteiger partial charge in [0.25, 0.3) is 5.91 Å². The van der Waals surface area contributed by atoms with Crippen LogP contribution in [0.1, 0.15) is 36.0 Å². The fourth-order valence-electron chi connectivity index (χ4n) is 2.81. The molecule has 2 heterocycles. The van der Waals surface area contributed by atoms with Gasteiger partial charge < -0.3 is 15.5 Å². The lowest BCUT2D eigenvalue weighted by Gasteiger charge is -2.32. The van der Waals surface area contributed by atoms with Crippen LogP contribution < -0.4 is 10.6 Å². The second-order valence-corrected chi connectivity index (χ2v) is 6.43. The molecule has 2 fully saturated rings. The summed E-state index contributed by atoms with van der Waals surface area (Å²) >= 11 is 0. The van der Waals surface area contributed by atoms with Gasteiger partial charge in [0, 0.05) is 43.6 Å². The zero-order valence-corrected chi connectivity index (χ0v) is 13.5. The quantitative estimate of drug-likeness (QED) is 0.778. The third kappa shape index (κ3) is 4.31. The van der Waals surface area contributed by atoms with Gasteiger partial charge in [-0.3, -0.25) is 19.4 Å². The number of hydrogen-bond acceptors (Lipinski definition) is 4. The Morgan fingerprint density at radius 3 is 2.33 bits per heavy atom. The minimum atomic E-state index is -0.558. The molecule has 7 nitrogen and oxygen atoms in total. The molecule has 1 aromatic rings. The van der Waals surface area contributed by atoms with Gasteiger partial charge in [-0.05, 0) is 43.7 Å². The van der Waals surface area contributed by atoms with E-state index in [1.54, 1.807) is 24.5 Å². The zero-order chi connectivity index (χ0) is 16.9. The normalized spacial score (nSPS) is 18.1. The summed E-state index contributed by atoms with van der Waals surface area (Å²) in [6.07, 6.45) is 6.79. The van der Waals surface area contributed by atoms with E-state index in [9.17, 15) is 14.4 Å². The highest BCUT2D eigenvalue weighted by atomic mass is 16.2. The standard InChI is InChI=1S/C17H22N4O3/c22-15(16(23)20-14-1-2-14)19-11-12-5-9-21(10-6-12)17(24)13-3-7-18-8-4-13/h3-4,7-8,12,14H,1-2,5-6,9-11H2,(H,19,22)(H,20,23). The van der Waals surface area contributed by atoms with E-state index < -0.39 is 11.8 Å². The van der Waals surface area contributed by atoms with Crippen molar-refractivity contribution < 1.29 is 14.4 Å². The van der Waals surface area contributed by atoms with Crippen LogP contribution in [0.4, 0.5) is 0 Å². The summed E-state index contributed by atoms with van der Waals surface area (Å²) in [7, 11) is 0. The smallest absolute Gasteiger partial charge is 0.309 e. The summed E-state index contributed by atoms with van der Waals surface area (Å²) in [6.45, 7) is 1.81. The van der Waals surface area contributed by atoms with E-state index in [1.807, 2.05) is 4.90 Å². The van der Waals surface area contributed by atoms with Crippen LogP contribution in [-0.4, -0.2) is 53.3 Å². The Morgan fingerprint density at radius 2 is 1.71 bits per heavy atom. The summed E-state index contributed by atoms with van der Waals surface area (Å²) in [5, 5.41) is 5.37. The Hall–Kier alpha value is -2.44. The van der Waals surface area contributed by atoms with E-state index in [4.69, 9.17) is 0 Å². The molecule has 128 valence electrons. The van der Waals surface area contributed by atoms with Gasteiger partial charge in [0.15, 0.2) is 0 Å². The van der Waals surface area contributed by atoms with Gasteiger partial charge in [0.2, 0.25) is 0 Å². The Kier molecular flexibility index (Phi) is 5.08. The number of nitrogens with one attached hydrogen (secondary N) is 2. The van der Waals surface area contributed by atoms with Gasteiger partial charge in [-0.2, -0.15) is 0 Å². The summed E-state index contributed by atoms with van der Waals surface area (Å²) in [5.74, 6) is -0.784. The van der Waals surface area contributed by atoms with Crippen molar-refractivity contribution in [2.24, 2.45) is 5.92 Å². The molecule has 3 amide bonds. The fourth-order valence-corrected chi connectivity index (χ4v) is 2.81. The van der Waals surface area contributed by atoms with Gasteiger partial charge in [-0.25, -0.2) is 0 Å². The summed E-state index contributed by atoms with van der Waals surface area (Å²) in [6, 6.07) is 3.62. The first-order valence-corrected chi connectivity index (χ1v) is 8.41. The Balaban J connectivity index is 1.39. The molecule has 0 bridgehead atoms. The van der Waals surface area contributed by atoms with Crippen LogP contribution in [0.15, 0.2) is 24.5 Å². The van der Waals surface area contributed by atoms with Gasteiger partial charge in [-0.15, -0.1) is 0 Å². The molecule has 1 aliphatic carbocycles. The van der Waals surface area contributed by atoms with Crippen LogP contribution >= 0.6 is 0 Å². The third-order valence-electron chi connectivity index (χ3n) is 4.50. The van der Waals surface area contributed by atoms with Gasteiger partial charge >= 0.3 is 11.8 Å². The van der Waals surface area contributed by atoms with Crippen LogP contribution in [0, 0.1) is 5.92 Å². The van der Waals surface area contributed by atoms with E-state index in [0.29, 0.717) is 31.1 Å². The molecule has 2 aliphatic rings. The maximum absolute atomic E-state index is 12.3. The zero-order valence-electron chi connectivity index (χ0n) is 13.5. The minimum Gasteiger partial charge on any atom is -0.348 e. The number of rotatable bonds is 4. The molecule has 24 heavy (non-hydrogen) atoms. The van der Waals surface area contributed by atoms with Crippen molar-refractivity contribution in [1.29, 1.82) is 0 Å². The van der Waals surface area contributed by atoms with Crippen LogP contribution in [0.5, 0.6) is 0 Å². The number of nitrogens with zero attached hydrogens (tertiary/aromatic N) is 2. The maximum Gasteiger partial charge on any atom is 0.309 e. The molecule has 1 saturated carbocycles. The molecule has 2 N–H and O–H groups in total. The number of carbonyl (C=O) groups is 3. The van der Waals surface area contributed by atoms with Crippen LogP contribution in [0.2, 0.25) is 0 Å². The lowest BCUT2D eigenvalue weighted by molar-refractivity contribution is -0.139. The first kappa shape index (κ1) is 16.4. The molecule has 0 unspecified atom stereocenters. The molecule has 0 spiro atoms. The third-order valence-corrected chi connectivity index (χ3v) is 4.50. The topological polar surface area (TPSA) is 91.4 Å². The Labute approximate surface area is 140 Å². The molecular weight excluding hydrogens is 308 g/mol.